The van der Waals surface area contributed by atoms with E-state index in [0.717, 1.165) is 28.4 Å². The molecule has 0 unspecified atom stereocenters. The van der Waals surface area contributed by atoms with Crippen LogP contribution >= 0.6 is 15.9 Å². The normalized spacial score (nSPS) is 15.3. The zero-order chi connectivity index (χ0) is 14.7. The maximum atomic E-state index is 12.0. The predicted molar refractivity (Wildman–Crippen MR) is 84.8 cm³/mol. The summed E-state index contributed by atoms with van der Waals surface area (Å²) in [5.74, 6) is 0. The maximum Gasteiger partial charge on any atom is 0.408 e. The van der Waals surface area contributed by atoms with Gasteiger partial charge in [0.2, 0.25) is 0 Å². The lowest BCUT2D eigenvalue weighted by atomic mass is 10.1. The molecule has 3 rings (SSSR count). The van der Waals surface area contributed by atoms with E-state index in [0.29, 0.717) is 6.61 Å². The van der Waals surface area contributed by atoms with E-state index >= 15 is 0 Å². The van der Waals surface area contributed by atoms with Gasteiger partial charge in [-0.2, -0.15) is 0 Å². The molecule has 1 fully saturated rings. The molecule has 0 spiro atoms. The van der Waals surface area contributed by atoms with Gasteiger partial charge in [-0.3, -0.25) is 0 Å². The minimum atomic E-state index is -0.368. The van der Waals surface area contributed by atoms with E-state index in [2.05, 4.69) is 21.2 Å². The number of nitrogens with one attached hydrogen (secondary N) is 1. The molecule has 3 nitrogen and oxygen atoms in total. The van der Waals surface area contributed by atoms with Gasteiger partial charge in [0, 0.05) is 4.47 Å². The number of ether oxygens (including phenoxy) is 1. The molecule has 108 valence electrons. The van der Waals surface area contributed by atoms with Crippen molar-refractivity contribution in [3.05, 3.63) is 70.2 Å². The zero-order valence-corrected chi connectivity index (χ0v) is 13.1. The second kappa shape index (κ2) is 5.90. The summed E-state index contributed by atoms with van der Waals surface area (Å²) in [5.41, 5.74) is 1.83. The van der Waals surface area contributed by atoms with Crippen molar-refractivity contribution in [2.45, 2.75) is 25.0 Å². The van der Waals surface area contributed by atoms with Gasteiger partial charge in [-0.15, -0.1) is 0 Å². The summed E-state index contributed by atoms with van der Waals surface area (Å²) >= 11 is 3.55. The van der Waals surface area contributed by atoms with Gasteiger partial charge in [-0.05, 0) is 30.0 Å². The van der Waals surface area contributed by atoms with E-state index in [-0.39, 0.29) is 11.6 Å². The van der Waals surface area contributed by atoms with Crippen LogP contribution in [0.25, 0.3) is 0 Å². The second-order valence-electron chi connectivity index (χ2n) is 5.25. The summed E-state index contributed by atoms with van der Waals surface area (Å²) in [7, 11) is 0. The number of amides is 1. The Morgan fingerprint density at radius 1 is 1.10 bits per heavy atom. The highest BCUT2D eigenvalue weighted by molar-refractivity contribution is 9.10. The first-order valence-corrected chi connectivity index (χ1v) is 7.73. The molecular weight excluding hydrogens is 330 g/mol. The lowest BCUT2D eigenvalue weighted by molar-refractivity contribution is 0.134. The van der Waals surface area contributed by atoms with E-state index in [1.807, 2.05) is 54.6 Å². The number of benzene rings is 2. The fourth-order valence-corrected chi connectivity index (χ4v) is 3.05. The topological polar surface area (TPSA) is 38.3 Å². The molecule has 21 heavy (non-hydrogen) atoms. The fraction of sp³-hybridized carbons (Fsp3) is 0.235. The first kappa shape index (κ1) is 14.1. The Hall–Kier alpha value is -1.81. The smallest absolute Gasteiger partial charge is 0.408 e. The number of hydrogen-bond donors (Lipinski definition) is 1. The highest BCUT2D eigenvalue weighted by Crippen LogP contribution is 2.48. The van der Waals surface area contributed by atoms with Gasteiger partial charge in [0.15, 0.2) is 0 Å². The van der Waals surface area contributed by atoms with E-state index in [1.54, 1.807) is 0 Å². The van der Waals surface area contributed by atoms with Crippen molar-refractivity contribution < 1.29 is 9.53 Å². The Morgan fingerprint density at radius 3 is 2.43 bits per heavy atom. The van der Waals surface area contributed by atoms with Gasteiger partial charge in [0.25, 0.3) is 0 Å². The molecule has 0 bridgehead atoms. The van der Waals surface area contributed by atoms with Crippen LogP contribution in [0.2, 0.25) is 0 Å². The molecule has 0 heterocycles. The lowest BCUT2D eigenvalue weighted by Gasteiger charge is -2.19. The minimum Gasteiger partial charge on any atom is -0.445 e. The van der Waals surface area contributed by atoms with E-state index in [9.17, 15) is 4.79 Å². The van der Waals surface area contributed by atoms with Gasteiger partial charge < -0.3 is 10.1 Å². The molecule has 1 saturated carbocycles. The average molecular weight is 346 g/mol. The molecule has 2 aromatic rings. The molecular formula is C17H16BrNO2. The molecule has 0 aromatic heterocycles. The van der Waals surface area contributed by atoms with Crippen molar-refractivity contribution in [1.29, 1.82) is 0 Å². The predicted octanol–water partition coefficient (Wildman–Crippen LogP) is 4.36. The molecule has 1 amide bonds. The van der Waals surface area contributed by atoms with Crippen LogP contribution in [0, 0.1) is 0 Å². The Bertz CT molecular complexity index is 638. The Labute approximate surface area is 132 Å². The highest BCUT2D eigenvalue weighted by atomic mass is 79.9. The van der Waals surface area contributed by atoms with Crippen molar-refractivity contribution in [2.24, 2.45) is 0 Å². The van der Waals surface area contributed by atoms with Crippen LogP contribution in [-0.2, 0) is 16.9 Å². The standard InChI is InChI=1S/C17H16BrNO2/c18-15-9-5-4-8-14(15)17(10-11-17)19-16(20)21-12-13-6-2-1-3-7-13/h1-9H,10-12H2,(H,19,20). The summed E-state index contributed by atoms with van der Waals surface area (Å²) in [6.45, 7) is 0.290. The van der Waals surface area contributed by atoms with Gasteiger partial charge in [0.1, 0.15) is 6.61 Å². The van der Waals surface area contributed by atoms with Crippen LogP contribution in [-0.4, -0.2) is 6.09 Å². The van der Waals surface area contributed by atoms with Gasteiger partial charge in [-0.25, -0.2) is 4.79 Å². The van der Waals surface area contributed by atoms with Crippen LogP contribution in [0.15, 0.2) is 59.1 Å². The summed E-state index contributed by atoms with van der Waals surface area (Å²) < 4.78 is 6.32. The third kappa shape index (κ3) is 3.27. The number of hydrogen-bond acceptors (Lipinski definition) is 2. The van der Waals surface area contributed by atoms with Crippen LogP contribution in [0.5, 0.6) is 0 Å². The number of alkyl carbamates (subject to hydrolysis) is 1. The summed E-state index contributed by atoms with van der Waals surface area (Å²) in [6, 6.07) is 17.7. The van der Waals surface area contributed by atoms with Gasteiger partial charge >= 0.3 is 6.09 Å². The largest absolute Gasteiger partial charge is 0.445 e. The molecule has 1 N–H and O–H groups in total. The van der Waals surface area contributed by atoms with Gasteiger partial charge in [-0.1, -0.05) is 64.5 Å². The van der Waals surface area contributed by atoms with Crippen molar-refractivity contribution in [3.8, 4) is 0 Å². The third-order valence-electron chi connectivity index (χ3n) is 3.69. The van der Waals surface area contributed by atoms with Crippen molar-refractivity contribution in [3.63, 3.8) is 0 Å². The van der Waals surface area contributed by atoms with Crippen molar-refractivity contribution in [2.75, 3.05) is 0 Å². The van der Waals surface area contributed by atoms with Crippen LogP contribution < -0.4 is 5.32 Å². The minimum absolute atomic E-state index is 0.270. The Balaban J connectivity index is 1.61. The van der Waals surface area contributed by atoms with Crippen LogP contribution in [0.3, 0.4) is 0 Å². The number of halogens is 1. The summed E-state index contributed by atoms with van der Waals surface area (Å²) in [4.78, 5) is 12.0. The molecule has 0 aliphatic heterocycles. The zero-order valence-electron chi connectivity index (χ0n) is 11.5. The van der Waals surface area contributed by atoms with Gasteiger partial charge in [0.05, 0.1) is 5.54 Å². The molecule has 4 heteroatoms. The number of carbonyl (C=O) groups is 1. The summed E-state index contributed by atoms with van der Waals surface area (Å²) in [5, 5.41) is 3.00. The monoisotopic (exact) mass is 345 g/mol. The molecule has 2 aromatic carbocycles. The van der Waals surface area contributed by atoms with Crippen LogP contribution in [0.1, 0.15) is 24.0 Å². The van der Waals surface area contributed by atoms with Crippen molar-refractivity contribution >= 4 is 22.0 Å². The maximum absolute atomic E-state index is 12.0. The molecule has 0 atom stereocenters. The first-order valence-electron chi connectivity index (χ1n) is 6.93. The highest BCUT2D eigenvalue weighted by Gasteiger charge is 2.47. The average Bonchev–Trinajstić information content (AvgIpc) is 3.27. The van der Waals surface area contributed by atoms with E-state index < -0.39 is 0 Å². The number of rotatable bonds is 4. The summed E-state index contributed by atoms with van der Waals surface area (Å²) in [6.07, 6.45) is 1.51. The van der Waals surface area contributed by atoms with Crippen LogP contribution in [0.4, 0.5) is 4.79 Å². The molecule has 1 aliphatic rings. The Morgan fingerprint density at radius 2 is 1.76 bits per heavy atom. The Kier molecular flexibility index (Phi) is 3.97. The number of carbonyl (C=O) groups excluding carboxylic acids is 1. The van der Waals surface area contributed by atoms with E-state index in [1.165, 1.54) is 0 Å². The second-order valence-corrected chi connectivity index (χ2v) is 6.10. The molecule has 1 aliphatic carbocycles. The quantitative estimate of drug-likeness (QED) is 0.893. The molecule has 0 radical (unpaired) electrons. The fourth-order valence-electron chi connectivity index (χ4n) is 2.39. The van der Waals surface area contributed by atoms with E-state index in [4.69, 9.17) is 4.74 Å². The van der Waals surface area contributed by atoms with Crippen molar-refractivity contribution in [1.82, 2.24) is 5.32 Å². The molecule has 0 saturated heterocycles. The lowest BCUT2D eigenvalue weighted by Crippen LogP contribution is -2.35. The first-order chi connectivity index (χ1) is 10.2. The SMILES string of the molecule is O=C(NC1(c2ccccc2Br)CC1)OCc1ccccc1. The third-order valence-corrected chi connectivity index (χ3v) is 4.39.